The van der Waals surface area contributed by atoms with E-state index in [1.54, 1.807) is 6.92 Å². The average molecular weight is 194 g/mol. The van der Waals surface area contributed by atoms with Crippen molar-refractivity contribution >= 4 is 0 Å². The number of oxazole rings is 1. The Morgan fingerprint density at radius 2 is 2.07 bits per heavy atom. The van der Waals surface area contributed by atoms with Gasteiger partial charge in [-0.2, -0.15) is 4.98 Å². The van der Waals surface area contributed by atoms with Crippen LogP contribution in [0.15, 0.2) is 8.94 Å². The molecule has 0 aromatic carbocycles. The highest BCUT2D eigenvalue weighted by atomic mass is 16.5. The minimum atomic E-state index is 0.246. The summed E-state index contributed by atoms with van der Waals surface area (Å²) in [5.41, 5.74) is 6.08. The van der Waals surface area contributed by atoms with E-state index in [1.807, 2.05) is 6.92 Å². The quantitative estimate of drug-likeness (QED) is 0.760. The molecule has 0 fully saturated rings. The Morgan fingerprint density at radius 3 is 2.57 bits per heavy atom. The third-order valence-electron chi connectivity index (χ3n) is 1.75. The Labute approximate surface area is 80.1 Å². The maximum Gasteiger partial charge on any atom is 0.295 e. The van der Waals surface area contributed by atoms with Gasteiger partial charge in [0.2, 0.25) is 5.76 Å². The highest BCUT2D eigenvalue weighted by Gasteiger charge is 2.16. The largest absolute Gasteiger partial charge is 0.436 e. The van der Waals surface area contributed by atoms with Crippen LogP contribution >= 0.6 is 0 Å². The third kappa shape index (κ3) is 1.39. The summed E-state index contributed by atoms with van der Waals surface area (Å²) in [6.45, 7) is 3.82. The summed E-state index contributed by atoms with van der Waals surface area (Å²) in [4.78, 5) is 8.13. The molecule has 0 saturated heterocycles. The molecule has 2 N–H and O–H groups in total. The van der Waals surface area contributed by atoms with Crippen molar-refractivity contribution in [3.63, 3.8) is 0 Å². The molecular weight excluding hydrogens is 184 g/mol. The topological polar surface area (TPSA) is 91.0 Å². The summed E-state index contributed by atoms with van der Waals surface area (Å²) in [6.07, 6.45) is 0. The van der Waals surface area contributed by atoms with Gasteiger partial charge in [-0.3, -0.25) is 0 Å². The van der Waals surface area contributed by atoms with Crippen molar-refractivity contribution in [1.29, 1.82) is 0 Å². The standard InChI is InChI=1S/C8H10N4O2/c1-4-7(13-5(2)10-4)8-11-6(3-9)12-14-8/h3,9H2,1-2H3. The van der Waals surface area contributed by atoms with Crippen LogP contribution in [0.3, 0.4) is 0 Å². The first kappa shape index (κ1) is 8.89. The second-order valence-corrected chi connectivity index (χ2v) is 2.87. The molecule has 0 aliphatic heterocycles. The van der Waals surface area contributed by atoms with E-state index in [0.29, 0.717) is 23.4 Å². The fraction of sp³-hybridized carbons (Fsp3) is 0.375. The molecule has 6 heteroatoms. The zero-order chi connectivity index (χ0) is 10.1. The highest BCUT2D eigenvalue weighted by molar-refractivity contribution is 5.47. The van der Waals surface area contributed by atoms with Gasteiger partial charge in [-0.05, 0) is 6.92 Å². The first-order chi connectivity index (χ1) is 6.70. The lowest BCUT2D eigenvalue weighted by molar-refractivity contribution is 0.406. The van der Waals surface area contributed by atoms with Crippen molar-refractivity contribution in [2.75, 3.05) is 0 Å². The number of aromatic nitrogens is 3. The van der Waals surface area contributed by atoms with Gasteiger partial charge in [0.05, 0.1) is 12.2 Å². The molecule has 0 unspecified atom stereocenters. The summed E-state index contributed by atoms with van der Waals surface area (Å²) in [5, 5.41) is 3.66. The van der Waals surface area contributed by atoms with Crippen LogP contribution in [0.2, 0.25) is 0 Å². The minimum Gasteiger partial charge on any atom is -0.436 e. The van der Waals surface area contributed by atoms with Crippen LogP contribution in [0, 0.1) is 13.8 Å². The lowest BCUT2D eigenvalue weighted by atomic mass is 10.4. The molecule has 0 radical (unpaired) electrons. The number of hydrogen-bond donors (Lipinski definition) is 1. The molecule has 2 rings (SSSR count). The lowest BCUT2D eigenvalue weighted by Gasteiger charge is -1.85. The number of rotatable bonds is 2. The Bertz CT molecular complexity index is 446. The second-order valence-electron chi connectivity index (χ2n) is 2.87. The molecule has 2 aromatic heterocycles. The molecule has 0 atom stereocenters. The van der Waals surface area contributed by atoms with E-state index in [4.69, 9.17) is 14.7 Å². The Morgan fingerprint density at radius 1 is 1.29 bits per heavy atom. The number of nitrogens with two attached hydrogens (primary N) is 1. The van der Waals surface area contributed by atoms with E-state index in [0.717, 1.165) is 5.69 Å². The molecule has 0 aliphatic rings. The van der Waals surface area contributed by atoms with Crippen LogP contribution < -0.4 is 5.73 Å². The van der Waals surface area contributed by atoms with Crippen molar-refractivity contribution in [2.45, 2.75) is 20.4 Å². The van der Waals surface area contributed by atoms with E-state index in [-0.39, 0.29) is 6.54 Å². The van der Waals surface area contributed by atoms with Crippen molar-refractivity contribution in [1.82, 2.24) is 15.1 Å². The van der Waals surface area contributed by atoms with Crippen LogP contribution in [0.4, 0.5) is 0 Å². The molecule has 6 nitrogen and oxygen atoms in total. The van der Waals surface area contributed by atoms with E-state index in [9.17, 15) is 0 Å². The SMILES string of the molecule is Cc1nc(C)c(-c2nc(CN)no2)o1. The van der Waals surface area contributed by atoms with Crippen molar-refractivity contribution in [2.24, 2.45) is 5.73 Å². The maximum atomic E-state index is 5.35. The average Bonchev–Trinajstić information content (AvgIpc) is 2.71. The second kappa shape index (κ2) is 3.22. The highest BCUT2D eigenvalue weighted by Crippen LogP contribution is 2.21. The smallest absolute Gasteiger partial charge is 0.295 e. The summed E-state index contributed by atoms with van der Waals surface area (Å²) in [7, 11) is 0. The molecule has 2 heterocycles. The molecule has 74 valence electrons. The first-order valence-corrected chi connectivity index (χ1v) is 4.17. The van der Waals surface area contributed by atoms with E-state index in [2.05, 4.69) is 15.1 Å². The zero-order valence-electron chi connectivity index (χ0n) is 7.94. The van der Waals surface area contributed by atoms with Gasteiger partial charge in [0.25, 0.3) is 5.89 Å². The predicted octanol–water partition coefficient (Wildman–Crippen LogP) is 0.800. The van der Waals surface area contributed by atoms with Crippen molar-refractivity contribution in [3.8, 4) is 11.7 Å². The van der Waals surface area contributed by atoms with Gasteiger partial charge < -0.3 is 14.7 Å². The fourth-order valence-electron chi connectivity index (χ4n) is 1.16. The van der Waals surface area contributed by atoms with E-state index < -0.39 is 0 Å². The van der Waals surface area contributed by atoms with Gasteiger partial charge in [-0.15, -0.1) is 0 Å². The van der Waals surface area contributed by atoms with Gasteiger partial charge in [0, 0.05) is 6.92 Å². The molecule has 0 spiro atoms. The van der Waals surface area contributed by atoms with Crippen molar-refractivity contribution < 1.29 is 8.94 Å². The summed E-state index contributed by atoms with van der Waals surface area (Å²) >= 11 is 0. The first-order valence-electron chi connectivity index (χ1n) is 4.17. The number of nitrogens with zero attached hydrogens (tertiary/aromatic N) is 3. The van der Waals surface area contributed by atoms with Gasteiger partial charge in [-0.1, -0.05) is 5.16 Å². The molecular formula is C8H10N4O2. The Hall–Kier alpha value is -1.69. The Balaban J connectivity index is 2.43. The number of hydrogen-bond acceptors (Lipinski definition) is 6. The van der Waals surface area contributed by atoms with Gasteiger partial charge in [-0.25, -0.2) is 4.98 Å². The zero-order valence-corrected chi connectivity index (χ0v) is 7.94. The molecule has 14 heavy (non-hydrogen) atoms. The van der Waals surface area contributed by atoms with Gasteiger partial charge >= 0.3 is 0 Å². The van der Waals surface area contributed by atoms with Crippen molar-refractivity contribution in [3.05, 3.63) is 17.4 Å². The van der Waals surface area contributed by atoms with E-state index in [1.165, 1.54) is 0 Å². The summed E-state index contributed by atoms with van der Waals surface area (Å²) in [6, 6.07) is 0. The van der Waals surface area contributed by atoms with Crippen LogP contribution in [0.1, 0.15) is 17.4 Å². The molecule has 0 saturated carbocycles. The van der Waals surface area contributed by atoms with Crippen LogP contribution in [0.25, 0.3) is 11.7 Å². The summed E-state index contributed by atoms with van der Waals surface area (Å²) < 4.78 is 10.3. The maximum absolute atomic E-state index is 5.35. The van der Waals surface area contributed by atoms with Crippen LogP contribution in [-0.4, -0.2) is 15.1 Å². The molecule has 0 aliphatic carbocycles. The van der Waals surface area contributed by atoms with Crippen LogP contribution in [0.5, 0.6) is 0 Å². The minimum absolute atomic E-state index is 0.246. The molecule has 0 bridgehead atoms. The normalized spacial score (nSPS) is 10.8. The predicted molar refractivity (Wildman–Crippen MR) is 47.2 cm³/mol. The number of aryl methyl sites for hydroxylation is 2. The fourth-order valence-corrected chi connectivity index (χ4v) is 1.16. The Kier molecular flexibility index (Phi) is 2.05. The third-order valence-corrected chi connectivity index (χ3v) is 1.75. The lowest BCUT2D eigenvalue weighted by Crippen LogP contribution is -1.97. The molecule has 2 aromatic rings. The summed E-state index contributed by atoms with van der Waals surface area (Å²) in [5.74, 6) is 1.86. The van der Waals surface area contributed by atoms with Gasteiger partial charge in [0.1, 0.15) is 0 Å². The van der Waals surface area contributed by atoms with Gasteiger partial charge in [0.15, 0.2) is 11.7 Å². The van der Waals surface area contributed by atoms with Crippen LogP contribution in [-0.2, 0) is 6.54 Å². The molecule has 0 amide bonds. The monoisotopic (exact) mass is 194 g/mol. The van der Waals surface area contributed by atoms with E-state index >= 15 is 0 Å².